The first-order chi connectivity index (χ1) is 11.7. The molecule has 1 atom stereocenters. The molecule has 5 nitrogen and oxygen atoms in total. The topological polar surface area (TPSA) is 60.5 Å². The van der Waals surface area contributed by atoms with Crippen LogP contribution in [0.5, 0.6) is 11.5 Å². The van der Waals surface area contributed by atoms with E-state index in [-0.39, 0.29) is 12.0 Å². The molecule has 0 aliphatic heterocycles. The quantitative estimate of drug-likeness (QED) is 0.745. The van der Waals surface area contributed by atoms with Gasteiger partial charge in [-0.25, -0.2) is 4.98 Å². The molecule has 24 heavy (non-hydrogen) atoms. The van der Waals surface area contributed by atoms with Crippen LogP contribution in [0.25, 0.3) is 10.2 Å². The molecule has 1 unspecified atom stereocenters. The third-order valence-corrected chi connectivity index (χ3v) is 4.31. The van der Waals surface area contributed by atoms with Gasteiger partial charge in [0.2, 0.25) is 0 Å². The standard InChI is InChI=1S/C18H18N2O3S/c1-12(23-15-5-3-4-14(9-15)22-2)10-19-18(21)13-6-7-16-17(8-13)24-11-20-16/h3-9,11-12H,10H2,1-2H3,(H,19,21). The van der Waals surface area contributed by atoms with Gasteiger partial charge in [-0.1, -0.05) is 6.07 Å². The number of methoxy groups -OCH3 is 1. The molecule has 0 spiro atoms. The lowest BCUT2D eigenvalue weighted by atomic mass is 10.2. The number of aromatic nitrogens is 1. The maximum Gasteiger partial charge on any atom is 0.251 e. The maximum atomic E-state index is 12.3. The van der Waals surface area contributed by atoms with Crippen molar-refractivity contribution in [3.8, 4) is 11.5 Å². The maximum absolute atomic E-state index is 12.3. The van der Waals surface area contributed by atoms with Crippen LogP contribution in [-0.2, 0) is 0 Å². The van der Waals surface area contributed by atoms with Crippen LogP contribution in [0.2, 0.25) is 0 Å². The molecule has 2 aromatic carbocycles. The summed E-state index contributed by atoms with van der Waals surface area (Å²) >= 11 is 1.52. The lowest BCUT2D eigenvalue weighted by Gasteiger charge is -2.16. The Labute approximate surface area is 144 Å². The Kier molecular flexibility index (Phi) is 4.96. The van der Waals surface area contributed by atoms with E-state index in [9.17, 15) is 4.79 Å². The Morgan fingerprint density at radius 3 is 2.92 bits per heavy atom. The van der Waals surface area contributed by atoms with Gasteiger partial charge < -0.3 is 14.8 Å². The van der Waals surface area contributed by atoms with Crippen LogP contribution in [0.3, 0.4) is 0 Å². The molecule has 3 aromatic rings. The lowest BCUT2D eigenvalue weighted by molar-refractivity contribution is 0.0932. The van der Waals surface area contributed by atoms with Gasteiger partial charge >= 0.3 is 0 Å². The first-order valence-corrected chi connectivity index (χ1v) is 8.46. The van der Waals surface area contributed by atoms with Crippen molar-refractivity contribution in [2.45, 2.75) is 13.0 Å². The fourth-order valence-electron chi connectivity index (χ4n) is 2.28. The van der Waals surface area contributed by atoms with Crippen molar-refractivity contribution in [1.29, 1.82) is 0 Å². The molecule has 1 amide bonds. The average molecular weight is 342 g/mol. The van der Waals surface area contributed by atoms with Gasteiger partial charge in [-0.05, 0) is 37.3 Å². The van der Waals surface area contributed by atoms with E-state index in [0.29, 0.717) is 17.9 Å². The van der Waals surface area contributed by atoms with Crippen LogP contribution in [-0.4, -0.2) is 30.6 Å². The normalized spacial score (nSPS) is 11.9. The highest BCUT2D eigenvalue weighted by Crippen LogP contribution is 2.20. The zero-order valence-corrected chi connectivity index (χ0v) is 14.3. The molecule has 0 aliphatic carbocycles. The molecule has 0 saturated heterocycles. The van der Waals surface area contributed by atoms with Gasteiger partial charge in [-0.3, -0.25) is 4.79 Å². The van der Waals surface area contributed by atoms with E-state index < -0.39 is 0 Å². The Hall–Kier alpha value is -2.60. The number of fused-ring (bicyclic) bond motifs is 1. The Morgan fingerprint density at radius 1 is 1.25 bits per heavy atom. The number of amides is 1. The first-order valence-electron chi connectivity index (χ1n) is 7.58. The molecule has 0 bridgehead atoms. The third-order valence-electron chi connectivity index (χ3n) is 3.52. The average Bonchev–Trinajstić information content (AvgIpc) is 3.07. The van der Waals surface area contributed by atoms with E-state index in [1.54, 1.807) is 18.7 Å². The number of ether oxygens (including phenoxy) is 2. The number of nitrogens with zero attached hydrogens (tertiary/aromatic N) is 1. The number of hydrogen-bond acceptors (Lipinski definition) is 5. The summed E-state index contributed by atoms with van der Waals surface area (Å²) < 4.78 is 12.0. The monoisotopic (exact) mass is 342 g/mol. The number of thiazole rings is 1. The second-order valence-electron chi connectivity index (χ2n) is 5.35. The van der Waals surface area contributed by atoms with Gasteiger partial charge in [0, 0.05) is 11.6 Å². The van der Waals surface area contributed by atoms with Crippen molar-refractivity contribution in [2.75, 3.05) is 13.7 Å². The van der Waals surface area contributed by atoms with Crippen LogP contribution in [0.4, 0.5) is 0 Å². The van der Waals surface area contributed by atoms with E-state index in [1.807, 2.05) is 43.3 Å². The van der Waals surface area contributed by atoms with Gasteiger partial charge in [-0.2, -0.15) is 0 Å². The van der Waals surface area contributed by atoms with Gasteiger partial charge in [-0.15, -0.1) is 11.3 Å². The largest absolute Gasteiger partial charge is 0.497 e. The SMILES string of the molecule is COc1cccc(OC(C)CNC(=O)c2ccc3ncsc3c2)c1. The lowest BCUT2D eigenvalue weighted by Crippen LogP contribution is -2.33. The summed E-state index contributed by atoms with van der Waals surface area (Å²) in [6.07, 6.45) is -0.159. The van der Waals surface area contributed by atoms with Crippen LogP contribution in [0.15, 0.2) is 48.0 Å². The minimum Gasteiger partial charge on any atom is -0.497 e. The highest BCUT2D eigenvalue weighted by molar-refractivity contribution is 7.16. The highest BCUT2D eigenvalue weighted by atomic mass is 32.1. The van der Waals surface area contributed by atoms with E-state index in [0.717, 1.165) is 16.0 Å². The molecule has 1 N–H and O–H groups in total. The molecule has 0 fully saturated rings. The first kappa shape index (κ1) is 16.3. The molecular weight excluding hydrogens is 324 g/mol. The van der Waals surface area contributed by atoms with Crippen molar-refractivity contribution in [1.82, 2.24) is 10.3 Å². The van der Waals surface area contributed by atoms with Gasteiger partial charge in [0.05, 0.1) is 29.4 Å². The van der Waals surface area contributed by atoms with Crippen molar-refractivity contribution in [3.63, 3.8) is 0 Å². The number of rotatable bonds is 6. The number of benzene rings is 2. The fourth-order valence-corrected chi connectivity index (χ4v) is 3.00. The molecule has 6 heteroatoms. The summed E-state index contributed by atoms with van der Waals surface area (Å²) in [5.41, 5.74) is 3.31. The van der Waals surface area contributed by atoms with E-state index in [4.69, 9.17) is 9.47 Å². The zero-order valence-electron chi connectivity index (χ0n) is 13.5. The molecule has 1 heterocycles. The smallest absolute Gasteiger partial charge is 0.251 e. The molecule has 0 radical (unpaired) electrons. The predicted molar refractivity (Wildman–Crippen MR) is 95.0 cm³/mol. The highest BCUT2D eigenvalue weighted by Gasteiger charge is 2.10. The summed E-state index contributed by atoms with van der Waals surface area (Å²) in [4.78, 5) is 16.5. The van der Waals surface area contributed by atoms with Crippen molar-refractivity contribution < 1.29 is 14.3 Å². The molecule has 124 valence electrons. The van der Waals surface area contributed by atoms with E-state index in [1.165, 1.54) is 11.3 Å². The fraction of sp³-hybridized carbons (Fsp3) is 0.222. The second-order valence-corrected chi connectivity index (χ2v) is 6.24. The van der Waals surface area contributed by atoms with Crippen LogP contribution >= 0.6 is 11.3 Å². The molecule has 0 saturated carbocycles. The van der Waals surface area contributed by atoms with Crippen molar-refractivity contribution in [3.05, 3.63) is 53.5 Å². The Bertz CT molecular complexity index is 847. The number of hydrogen-bond donors (Lipinski definition) is 1. The van der Waals surface area contributed by atoms with Gasteiger partial charge in [0.15, 0.2) is 0 Å². The third kappa shape index (κ3) is 3.83. The molecular formula is C18H18N2O3S. The number of nitrogens with one attached hydrogen (secondary N) is 1. The Morgan fingerprint density at radius 2 is 2.08 bits per heavy atom. The van der Waals surface area contributed by atoms with Crippen molar-refractivity contribution in [2.24, 2.45) is 0 Å². The molecule has 3 rings (SSSR count). The number of carbonyl (C=O) groups excluding carboxylic acids is 1. The van der Waals surface area contributed by atoms with Crippen LogP contribution < -0.4 is 14.8 Å². The van der Waals surface area contributed by atoms with Crippen molar-refractivity contribution >= 4 is 27.5 Å². The predicted octanol–water partition coefficient (Wildman–Crippen LogP) is 3.50. The second kappa shape index (κ2) is 7.31. The Balaban J connectivity index is 1.56. The van der Waals surface area contributed by atoms with Crippen LogP contribution in [0, 0.1) is 0 Å². The van der Waals surface area contributed by atoms with E-state index >= 15 is 0 Å². The molecule has 0 aliphatic rings. The summed E-state index contributed by atoms with van der Waals surface area (Å²) in [7, 11) is 1.61. The van der Waals surface area contributed by atoms with Gasteiger partial charge in [0.25, 0.3) is 5.91 Å². The summed E-state index contributed by atoms with van der Waals surface area (Å²) in [6.45, 7) is 2.32. The number of carbonyl (C=O) groups is 1. The van der Waals surface area contributed by atoms with Crippen LogP contribution in [0.1, 0.15) is 17.3 Å². The molecule has 1 aromatic heterocycles. The minimum absolute atomic E-state index is 0.119. The minimum atomic E-state index is -0.159. The van der Waals surface area contributed by atoms with Gasteiger partial charge in [0.1, 0.15) is 17.6 Å². The summed E-state index contributed by atoms with van der Waals surface area (Å²) in [6, 6.07) is 12.9. The summed E-state index contributed by atoms with van der Waals surface area (Å²) in [5, 5.41) is 2.89. The van der Waals surface area contributed by atoms with E-state index in [2.05, 4.69) is 10.3 Å². The summed E-state index contributed by atoms with van der Waals surface area (Å²) in [5.74, 6) is 1.33. The zero-order chi connectivity index (χ0) is 16.9.